The molecule has 0 radical (unpaired) electrons. The highest BCUT2D eigenvalue weighted by Gasteiger charge is 2.36. The van der Waals surface area contributed by atoms with Gasteiger partial charge in [-0.15, -0.1) is 0 Å². The largest absolute Gasteiger partial charge is 0.462 e. The molecule has 3 heterocycles. The van der Waals surface area contributed by atoms with Gasteiger partial charge in [-0.3, -0.25) is 4.79 Å². The number of likely N-dealkylation sites (tertiary alicyclic amines) is 1. The van der Waals surface area contributed by atoms with Crippen molar-refractivity contribution >= 4 is 11.7 Å². The minimum Gasteiger partial charge on any atom is -0.462 e. The second kappa shape index (κ2) is 11.8. The summed E-state index contributed by atoms with van der Waals surface area (Å²) < 4.78 is 6.33. The van der Waals surface area contributed by atoms with Crippen LogP contribution in [0.5, 0.6) is 6.01 Å². The molecule has 0 bridgehead atoms. The van der Waals surface area contributed by atoms with E-state index in [1.807, 2.05) is 0 Å². The zero-order valence-corrected chi connectivity index (χ0v) is 24.5. The molecule has 1 amide bonds. The van der Waals surface area contributed by atoms with Crippen LogP contribution in [0.4, 0.5) is 5.82 Å². The number of aromatic nitrogens is 2. The van der Waals surface area contributed by atoms with E-state index < -0.39 is 0 Å². The molecule has 2 aromatic rings. The van der Waals surface area contributed by atoms with Crippen LogP contribution in [-0.4, -0.2) is 77.6 Å². The molecular weight excluding hydrogens is 512 g/mol. The SMILES string of the molecule is C=CC(=O)N1CCN(c2nc(OCC3CCCN3C)nc3c2C[C@@H](C)[C@H](c2cccc4c2CCC4)C3)CC1CC#N. The number of ether oxygens (including phenoxy) is 1. The summed E-state index contributed by atoms with van der Waals surface area (Å²) in [6, 6.07) is 9.78. The molecule has 2 saturated heterocycles. The average molecular weight is 555 g/mol. The molecule has 0 spiro atoms. The fourth-order valence-electron chi connectivity index (χ4n) is 7.58. The number of aryl methyl sites for hydroxylation is 1. The maximum Gasteiger partial charge on any atom is 0.318 e. The van der Waals surface area contributed by atoms with E-state index in [0.29, 0.717) is 50.1 Å². The summed E-state index contributed by atoms with van der Waals surface area (Å²) in [4.78, 5) is 29.0. The fourth-order valence-corrected chi connectivity index (χ4v) is 7.58. The van der Waals surface area contributed by atoms with Crippen molar-refractivity contribution in [1.29, 1.82) is 5.26 Å². The van der Waals surface area contributed by atoms with Crippen LogP contribution in [-0.2, 0) is 30.5 Å². The third-order valence-corrected chi connectivity index (χ3v) is 9.90. The molecule has 1 aromatic carbocycles. The van der Waals surface area contributed by atoms with Crippen molar-refractivity contribution in [2.75, 3.05) is 44.7 Å². The number of hydrogen-bond acceptors (Lipinski definition) is 7. The summed E-state index contributed by atoms with van der Waals surface area (Å²) in [5.41, 5.74) is 6.86. The Balaban J connectivity index is 1.33. The lowest BCUT2D eigenvalue weighted by molar-refractivity contribution is -0.128. The number of benzene rings is 1. The second-order valence-corrected chi connectivity index (χ2v) is 12.4. The number of fused-ring (bicyclic) bond motifs is 2. The lowest BCUT2D eigenvalue weighted by atomic mass is 9.73. The average Bonchev–Trinajstić information content (AvgIpc) is 3.64. The first-order valence-corrected chi connectivity index (χ1v) is 15.3. The quantitative estimate of drug-likeness (QED) is 0.477. The third kappa shape index (κ3) is 5.44. The number of amides is 1. The number of rotatable bonds is 7. The summed E-state index contributed by atoms with van der Waals surface area (Å²) >= 11 is 0. The molecule has 216 valence electrons. The van der Waals surface area contributed by atoms with Crippen LogP contribution in [0.25, 0.3) is 0 Å². The Labute approximate surface area is 244 Å². The van der Waals surface area contributed by atoms with Gasteiger partial charge in [-0.2, -0.15) is 15.2 Å². The number of likely N-dealkylation sites (N-methyl/N-ethyl adjacent to an activating group) is 1. The number of nitrogens with zero attached hydrogens (tertiary/aromatic N) is 6. The van der Waals surface area contributed by atoms with Crippen LogP contribution in [0.2, 0.25) is 0 Å². The number of hydrogen-bond donors (Lipinski definition) is 0. The first-order chi connectivity index (χ1) is 20.0. The maximum atomic E-state index is 12.5. The summed E-state index contributed by atoms with van der Waals surface area (Å²) in [5, 5.41) is 9.54. The maximum absolute atomic E-state index is 12.5. The van der Waals surface area contributed by atoms with Gasteiger partial charge in [0.05, 0.1) is 24.2 Å². The molecule has 4 aliphatic rings. The predicted octanol–water partition coefficient (Wildman–Crippen LogP) is 4.07. The van der Waals surface area contributed by atoms with E-state index in [9.17, 15) is 10.1 Å². The molecule has 8 heteroatoms. The number of carbonyl (C=O) groups excluding carboxylic acids is 1. The van der Waals surface area contributed by atoms with Crippen molar-refractivity contribution in [2.24, 2.45) is 5.92 Å². The third-order valence-electron chi connectivity index (χ3n) is 9.90. The molecule has 2 unspecified atom stereocenters. The summed E-state index contributed by atoms with van der Waals surface area (Å²) in [6.45, 7) is 9.46. The fraction of sp³-hybridized carbons (Fsp3) is 0.576. The number of anilines is 1. The molecule has 8 nitrogen and oxygen atoms in total. The Kier molecular flexibility index (Phi) is 7.99. The second-order valence-electron chi connectivity index (χ2n) is 12.4. The summed E-state index contributed by atoms with van der Waals surface area (Å²) in [7, 11) is 2.16. The zero-order valence-electron chi connectivity index (χ0n) is 24.5. The molecule has 4 atom stereocenters. The standard InChI is InChI=1S/C33H42N6O2/c1-4-31(40)39-17-16-38(20-24(39)13-14-34)32-29-18-22(2)28(27-12-6-9-23-8-5-11-26(23)27)19-30(29)35-33(36-32)41-21-25-10-7-15-37(25)3/h4,6,9,12,22,24-25,28H,1,5,7-8,10-11,13,15-21H2,2-3H3/t22-,24?,25?,28-/m1/s1. The monoisotopic (exact) mass is 554 g/mol. The van der Waals surface area contributed by atoms with Gasteiger partial charge in [0, 0.05) is 31.2 Å². The van der Waals surface area contributed by atoms with Crippen LogP contribution >= 0.6 is 0 Å². The van der Waals surface area contributed by atoms with Gasteiger partial charge in [0.25, 0.3) is 0 Å². The van der Waals surface area contributed by atoms with E-state index in [1.54, 1.807) is 10.5 Å². The number of piperazine rings is 1. The Morgan fingerprint density at radius 1 is 1.15 bits per heavy atom. The van der Waals surface area contributed by atoms with Gasteiger partial charge >= 0.3 is 6.01 Å². The molecule has 0 saturated carbocycles. The van der Waals surface area contributed by atoms with E-state index in [4.69, 9.17) is 14.7 Å². The van der Waals surface area contributed by atoms with Crippen molar-refractivity contribution in [3.05, 3.63) is 58.8 Å². The van der Waals surface area contributed by atoms with Gasteiger partial charge in [0.2, 0.25) is 5.91 Å². The summed E-state index contributed by atoms with van der Waals surface area (Å²) in [5.74, 6) is 1.67. The molecular formula is C33H42N6O2. The number of nitriles is 1. The lowest BCUT2D eigenvalue weighted by Gasteiger charge is -2.42. The van der Waals surface area contributed by atoms with Gasteiger partial charge in [0.15, 0.2) is 0 Å². The van der Waals surface area contributed by atoms with Gasteiger partial charge in [-0.05, 0) is 93.1 Å². The zero-order chi connectivity index (χ0) is 28.5. The van der Waals surface area contributed by atoms with Crippen molar-refractivity contribution in [3.8, 4) is 12.1 Å². The molecule has 2 aliphatic carbocycles. The first-order valence-electron chi connectivity index (χ1n) is 15.3. The van der Waals surface area contributed by atoms with Crippen molar-refractivity contribution in [3.63, 3.8) is 0 Å². The molecule has 0 N–H and O–H groups in total. The first kappa shape index (κ1) is 27.7. The Morgan fingerprint density at radius 3 is 2.80 bits per heavy atom. The Bertz CT molecular complexity index is 1350. The van der Waals surface area contributed by atoms with Gasteiger partial charge in [-0.1, -0.05) is 31.7 Å². The van der Waals surface area contributed by atoms with Crippen LogP contribution in [0.3, 0.4) is 0 Å². The molecule has 2 fully saturated rings. The van der Waals surface area contributed by atoms with Gasteiger partial charge < -0.3 is 19.4 Å². The van der Waals surface area contributed by atoms with Crippen molar-refractivity contribution < 1.29 is 9.53 Å². The van der Waals surface area contributed by atoms with Gasteiger partial charge in [-0.25, -0.2) is 0 Å². The van der Waals surface area contributed by atoms with E-state index in [2.05, 4.69) is 54.6 Å². The normalized spacial score (nSPS) is 25.9. The molecule has 2 aliphatic heterocycles. The van der Waals surface area contributed by atoms with E-state index in [0.717, 1.165) is 37.3 Å². The molecule has 1 aromatic heterocycles. The predicted molar refractivity (Wildman–Crippen MR) is 159 cm³/mol. The van der Waals surface area contributed by atoms with E-state index >= 15 is 0 Å². The highest BCUT2D eigenvalue weighted by molar-refractivity contribution is 5.87. The van der Waals surface area contributed by atoms with Crippen molar-refractivity contribution in [2.45, 2.75) is 76.3 Å². The topological polar surface area (TPSA) is 85.6 Å². The van der Waals surface area contributed by atoms with Crippen molar-refractivity contribution in [1.82, 2.24) is 19.8 Å². The summed E-state index contributed by atoms with van der Waals surface area (Å²) in [6.07, 6.45) is 9.32. The van der Waals surface area contributed by atoms with Gasteiger partial charge in [0.1, 0.15) is 12.4 Å². The Morgan fingerprint density at radius 2 is 2.02 bits per heavy atom. The molecule has 6 rings (SSSR count). The Hall–Kier alpha value is -3.44. The minimum atomic E-state index is -0.206. The van der Waals surface area contributed by atoms with E-state index in [-0.39, 0.29) is 18.4 Å². The van der Waals surface area contributed by atoms with Crippen LogP contribution < -0.4 is 9.64 Å². The van der Waals surface area contributed by atoms with E-state index in [1.165, 1.54) is 48.4 Å². The smallest absolute Gasteiger partial charge is 0.318 e. The molecule has 41 heavy (non-hydrogen) atoms. The van der Waals surface area contributed by atoms with Crippen LogP contribution in [0, 0.1) is 17.2 Å². The van der Waals surface area contributed by atoms with Crippen LogP contribution in [0.15, 0.2) is 30.9 Å². The highest BCUT2D eigenvalue weighted by Crippen LogP contribution is 2.43. The number of carbonyl (C=O) groups is 1. The highest BCUT2D eigenvalue weighted by atomic mass is 16.5. The van der Waals surface area contributed by atoms with Crippen LogP contribution in [0.1, 0.15) is 66.5 Å². The lowest BCUT2D eigenvalue weighted by Crippen LogP contribution is -2.55. The minimum absolute atomic E-state index is 0.119.